The van der Waals surface area contributed by atoms with Crippen molar-refractivity contribution in [3.05, 3.63) is 74.8 Å². The van der Waals surface area contributed by atoms with Crippen molar-refractivity contribution >= 4 is 23.1 Å². The summed E-state index contributed by atoms with van der Waals surface area (Å²) in [6, 6.07) is 10.1. The van der Waals surface area contributed by atoms with E-state index in [0.29, 0.717) is 30.5 Å². The number of hydrogen-bond donors (Lipinski definition) is 1. The van der Waals surface area contributed by atoms with E-state index in [1.54, 1.807) is 18.2 Å². The SMILES string of the molecule is CCN(CC)CCCN1C(=O)C(=O)C(=C(O)c2ccc3c(c2)C[C@@H](C)O3)[C@H]1c1ccc([N+](=O)[O-])cc1. The number of carbonyl (C=O) groups is 2. The van der Waals surface area contributed by atoms with Crippen molar-refractivity contribution in [1.29, 1.82) is 0 Å². The summed E-state index contributed by atoms with van der Waals surface area (Å²) in [7, 11) is 0. The number of carbonyl (C=O) groups excluding carboxylic acids is 2. The Bertz CT molecular complexity index is 1200. The molecule has 1 saturated heterocycles. The highest BCUT2D eigenvalue weighted by molar-refractivity contribution is 6.46. The van der Waals surface area contributed by atoms with Crippen LogP contribution in [0, 0.1) is 10.1 Å². The van der Waals surface area contributed by atoms with Gasteiger partial charge in [-0.05, 0) is 74.4 Å². The monoisotopic (exact) mass is 493 g/mol. The number of rotatable bonds is 9. The molecular formula is C27H31N3O6. The Kier molecular flexibility index (Phi) is 7.40. The van der Waals surface area contributed by atoms with Crippen molar-refractivity contribution in [3.63, 3.8) is 0 Å². The first-order chi connectivity index (χ1) is 17.2. The lowest BCUT2D eigenvalue weighted by Crippen LogP contribution is -2.33. The fraction of sp³-hybridized carbons (Fsp3) is 0.407. The number of likely N-dealkylation sites (tertiary alicyclic amines) is 1. The molecule has 2 aromatic carbocycles. The number of hydrogen-bond acceptors (Lipinski definition) is 7. The van der Waals surface area contributed by atoms with Crippen LogP contribution in [0.3, 0.4) is 0 Å². The normalized spacial score (nSPS) is 20.6. The van der Waals surface area contributed by atoms with E-state index >= 15 is 0 Å². The molecule has 9 nitrogen and oxygen atoms in total. The van der Waals surface area contributed by atoms with Crippen LogP contribution < -0.4 is 4.74 Å². The molecule has 9 heteroatoms. The summed E-state index contributed by atoms with van der Waals surface area (Å²) in [6.07, 6.45) is 1.35. The number of Topliss-reactive ketones (excluding diaryl/α,β-unsaturated/α-hetero) is 1. The molecule has 1 amide bonds. The predicted octanol–water partition coefficient (Wildman–Crippen LogP) is 4.07. The average molecular weight is 494 g/mol. The first-order valence-electron chi connectivity index (χ1n) is 12.3. The quantitative estimate of drug-likeness (QED) is 0.184. The summed E-state index contributed by atoms with van der Waals surface area (Å²) in [4.78, 5) is 40.7. The number of aliphatic hydroxyl groups excluding tert-OH is 1. The zero-order valence-electron chi connectivity index (χ0n) is 20.8. The van der Waals surface area contributed by atoms with Gasteiger partial charge in [-0.25, -0.2) is 0 Å². The zero-order valence-corrected chi connectivity index (χ0v) is 20.8. The van der Waals surface area contributed by atoms with Crippen LogP contribution in [0.15, 0.2) is 48.0 Å². The number of ketones is 1. The Morgan fingerprint density at radius 3 is 2.50 bits per heavy atom. The third-order valence-electron chi connectivity index (χ3n) is 6.90. The molecule has 2 aliphatic rings. The first kappa shape index (κ1) is 25.4. The van der Waals surface area contributed by atoms with E-state index in [4.69, 9.17) is 4.74 Å². The molecule has 0 aliphatic carbocycles. The van der Waals surface area contributed by atoms with Gasteiger partial charge in [0.2, 0.25) is 0 Å². The number of amides is 1. The minimum Gasteiger partial charge on any atom is -0.507 e. The molecule has 0 bridgehead atoms. The third-order valence-corrected chi connectivity index (χ3v) is 6.90. The summed E-state index contributed by atoms with van der Waals surface area (Å²) in [5.41, 5.74) is 1.78. The summed E-state index contributed by atoms with van der Waals surface area (Å²) < 4.78 is 5.74. The number of ether oxygens (including phenoxy) is 1. The summed E-state index contributed by atoms with van der Waals surface area (Å²) >= 11 is 0. The van der Waals surface area contributed by atoms with E-state index in [-0.39, 0.29) is 23.1 Å². The van der Waals surface area contributed by atoms with Gasteiger partial charge in [-0.2, -0.15) is 0 Å². The van der Waals surface area contributed by atoms with Crippen molar-refractivity contribution in [2.75, 3.05) is 26.2 Å². The predicted molar refractivity (Wildman–Crippen MR) is 135 cm³/mol. The van der Waals surface area contributed by atoms with Gasteiger partial charge in [-0.1, -0.05) is 13.8 Å². The van der Waals surface area contributed by atoms with Crippen molar-refractivity contribution in [2.45, 2.75) is 45.8 Å². The van der Waals surface area contributed by atoms with Crippen LogP contribution in [0.2, 0.25) is 0 Å². The van der Waals surface area contributed by atoms with Crippen molar-refractivity contribution < 1.29 is 24.4 Å². The van der Waals surface area contributed by atoms with Gasteiger partial charge in [0, 0.05) is 30.7 Å². The van der Waals surface area contributed by atoms with E-state index in [1.807, 2.05) is 6.92 Å². The van der Waals surface area contributed by atoms with Crippen LogP contribution in [-0.4, -0.2) is 63.8 Å². The lowest BCUT2D eigenvalue weighted by molar-refractivity contribution is -0.384. The third kappa shape index (κ3) is 4.83. The first-order valence-corrected chi connectivity index (χ1v) is 12.3. The van der Waals surface area contributed by atoms with Crippen molar-refractivity contribution in [2.24, 2.45) is 0 Å². The maximum atomic E-state index is 13.2. The number of nitro benzene ring substituents is 1. The van der Waals surface area contributed by atoms with E-state index < -0.39 is 22.7 Å². The van der Waals surface area contributed by atoms with Crippen LogP contribution in [-0.2, 0) is 16.0 Å². The summed E-state index contributed by atoms with van der Waals surface area (Å²) in [6.45, 7) is 8.91. The van der Waals surface area contributed by atoms with E-state index in [9.17, 15) is 24.8 Å². The molecular weight excluding hydrogens is 462 g/mol. The van der Waals surface area contributed by atoms with Crippen LogP contribution in [0.25, 0.3) is 5.76 Å². The smallest absolute Gasteiger partial charge is 0.295 e. The Morgan fingerprint density at radius 2 is 1.86 bits per heavy atom. The van der Waals surface area contributed by atoms with Gasteiger partial charge in [0.25, 0.3) is 17.4 Å². The van der Waals surface area contributed by atoms with Gasteiger partial charge in [-0.15, -0.1) is 0 Å². The number of nitrogens with zero attached hydrogens (tertiary/aromatic N) is 3. The molecule has 0 spiro atoms. The van der Waals surface area contributed by atoms with Gasteiger partial charge < -0.3 is 19.6 Å². The van der Waals surface area contributed by atoms with Crippen molar-refractivity contribution in [1.82, 2.24) is 9.80 Å². The van der Waals surface area contributed by atoms with Gasteiger partial charge in [0.05, 0.1) is 16.5 Å². The number of fused-ring (bicyclic) bond motifs is 1. The van der Waals surface area contributed by atoms with Gasteiger partial charge in [0.1, 0.15) is 17.6 Å². The van der Waals surface area contributed by atoms with Crippen LogP contribution in [0.4, 0.5) is 5.69 Å². The molecule has 0 unspecified atom stereocenters. The largest absolute Gasteiger partial charge is 0.507 e. The summed E-state index contributed by atoms with van der Waals surface area (Å²) in [5.74, 6) is -0.963. The molecule has 36 heavy (non-hydrogen) atoms. The molecule has 1 fully saturated rings. The van der Waals surface area contributed by atoms with Gasteiger partial charge in [0.15, 0.2) is 0 Å². The minimum atomic E-state index is -0.842. The molecule has 2 aromatic rings. The number of aliphatic hydroxyl groups is 1. The van der Waals surface area contributed by atoms with E-state index in [1.165, 1.54) is 29.2 Å². The van der Waals surface area contributed by atoms with E-state index in [2.05, 4.69) is 18.7 Å². The standard InChI is InChI=1S/C27H31N3O6/c1-4-28(5-2)13-6-14-29-24(18-7-10-21(11-8-18)30(34)35)23(26(32)27(29)33)25(31)19-9-12-22-20(16-19)15-17(3)36-22/h7-12,16-17,24,31H,4-6,13-15H2,1-3H3/t17-,24-/m1/s1. The average Bonchev–Trinajstić information content (AvgIpc) is 3.37. The fourth-order valence-corrected chi connectivity index (χ4v) is 4.96. The van der Waals surface area contributed by atoms with Crippen molar-refractivity contribution in [3.8, 4) is 5.75 Å². The lowest BCUT2D eigenvalue weighted by atomic mass is 9.94. The van der Waals surface area contributed by atoms with Crippen LogP contribution >= 0.6 is 0 Å². The molecule has 2 atom stereocenters. The minimum absolute atomic E-state index is 0.0105. The second-order valence-corrected chi connectivity index (χ2v) is 9.18. The highest BCUT2D eigenvalue weighted by atomic mass is 16.6. The van der Waals surface area contributed by atoms with Gasteiger partial charge >= 0.3 is 0 Å². The molecule has 0 radical (unpaired) electrons. The molecule has 0 aromatic heterocycles. The molecule has 2 aliphatic heterocycles. The molecule has 2 heterocycles. The Hall–Kier alpha value is -3.72. The highest BCUT2D eigenvalue weighted by Crippen LogP contribution is 2.41. The lowest BCUT2D eigenvalue weighted by Gasteiger charge is -2.26. The Balaban J connectivity index is 1.74. The molecule has 1 N–H and O–H groups in total. The maximum Gasteiger partial charge on any atom is 0.295 e. The van der Waals surface area contributed by atoms with E-state index in [0.717, 1.165) is 30.9 Å². The second-order valence-electron chi connectivity index (χ2n) is 9.18. The number of non-ortho nitro benzene ring substituents is 1. The Labute approximate surface area is 210 Å². The fourth-order valence-electron chi connectivity index (χ4n) is 4.96. The maximum absolute atomic E-state index is 13.2. The molecule has 0 saturated carbocycles. The highest BCUT2D eigenvalue weighted by Gasteiger charge is 2.46. The molecule has 190 valence electrons. The number of benzene rings is 2. The van der Waals surface area contributed by atoms with Crippen LogP contribution in [0.5, 0.6) is 5.75 Å². The van der Waals surface area contributed by atoms with Crippen LogP contribution in [0.1, 0.15) is 49.9 Å². The van der Waals surface area contributed by atoms with Gasteiger partial charge in [-0.3, -0.25) is 19.7 Å². The second kappa shape index (κ2) is 10.5. The summed E-state index contributed by atoms with van der Waals surface area (Å²) in [5, 5.41) is 22.5. The topological polar surface area (TPSA) is 113 Å². The Morgan fingerprint density at radius 1 is 1.17 bits per heavy atom. The zero-order chi connectivity index (χ0) is 26.0. The molecule has 4 rings (SSSR count). The number of nitro groups is 1.